The number of nitrogens with zero attached hydrogens (tertiary/aromatic N) is 3. The van der Waals surface area contributed by atoms with Crippen LogP contribution in [0.1, 0.15) is 27.0 Å². The van der Waals surface area contributed by atoms with Gasteiger partial charge in [0.2, 0.25) is 0 Å². The van der Waals surface area contributed by atoms with Crippen LogP contribution in [0.3, 0.4) is 0 Å². The number of rotatable bonds is 10. The third-order valence-corrected chi connectivity index (χ3v) is 7.26. The standard InChI is InChI=1S/C28H33N3O4S/c1-35-28(32)26-13-11-24(12-14-26)22-31(36(33)34)16-15-25-9-5-6-10-27(25)30-19-17-29(18-20-30)21-23-7-3-2-4-8-23/h2-14H,15-22H2,1H3,(H,33,34)/p-1. The van der Waals surface area contributed by atoms with Gasteiger partial charge in [0.25, 0.3) is 0 Å². The third-order valence-electron chi connectivity index (χ3n) is 6.53. The number of piperazine rings is 1. The second kappa shape index (κ2) is 12.8. The molecule has 4 rings (SSSR count). The van der Waals surface area contributed by atoms with Crippen molar-refractivity contribution in [3.8, 4) is 0 Å². The Hall–Kier alpha value is -3.04. The molecule has 1 aliphatic heterocycles. The monoisotopic (exact) mass is 506 g/mol. The quantitative estimate of drug-likeness (QED) is 0.309. The molecule has 0 N–H and O–H groups in total. The van der Waals surface area contributed by atoms with Crippen LogP contribution in [0.25, 0.3) is 0 Å². The number of benzene rings is 3. The molecular formula is C28H32N3O4S-. The second-order valence-corrected chi connectivity index (χ2v) is 9.85. The summed E-state index contributed by atoms with van der Waals surface area (Å²) in [4.78, 5) is 16.5. The van der Waals surface area contributed by atoms with Crippen LogP contribution in [-0.2, 0) is 35.5 Å². The smallest absolute Gasteiger partial charge is 0.337 e. The van der Waals surface area contributed by atoms with Crippen LogP contribution in [0, 0.1) is 0 Å². The molecular weight excluding hydrogens is 474 g/mol. The number of hydrogen-bond acceptors (Lipinski definition) is 6. The molecule has 1 saturated heterocycles. The van der Waals surface area contributed by atoms with Gasteiger partial charge in [-0.3, -0.25) is 9.11 Å². The Kier molecular flexibility index (Phi) is 9.24. The highest BCUT2D eigenvalue weighted by molar-refractivity contribution is 7.76. The van der Waals surface area contributed by atoms with Crippen LogP contribution in [-0.4, -0.2) is 63.8 Å². The molecule has 8 heteroatoms. The van der Waals surface area contributed by atoms with Crippen LogP contribution in [0.2, 0.25) is 0 Å². The molecule has 7 nitrogen and oxygen atoms in total. The molecule has 36 heavy (non-hydrogen) atoms. The van der Waals surface area contributed by atoms with Crippen molar-refractivity contribution in [3.63, 3.8) is 0 Å². The average Bonchev–Trinajstić information content (AvgIpc) is 2.92. The zero-order valence-electron chi connectivity index (χ0n) is 20.5. The maximum absolute atomic E-state index is 12.0. The maximum Gasteiger partial charge on any atom is 0.337 e. The molecule has 190 valence electrons. The van der Waals surface area contributed by atoms with E-state index >= 15 is 0 Å². The fourth-order valence-corrected chi connectivity index (χ4v) is 5.03. The average molecular weight is 507 g/mol. The van der Waals surface area contributed by atoms with Gasteiger partial charge in [-0.2, -0.15) is 0 Å². The Balaban J connectivity index is 1.35. The highest BCUT2D eigenvalue weighted by atomic mass is 32.2. The molecule has 3 aromatic carbocycles. The molecule has 1 unspecified atom stereocenters. The van der Waals surface area contributed by atoms with E-state index in [-0.39, 0.29) is 6.54 Å². The van der Waals surface area contributed by atoms with E-state index in [4.69, 9.17) is 4.74 Å². The van der Waals surface area contributed by atoms with Gasteiger partial charge in [0.05, 0.1) is 12.7 Å². The SMILES string of the molecule is COC(=O)c1ccc(CN(CCc2ccccc2N2CCN(Cc3ccccc3)CC2)S(=O)[O-])cc1. The molecule has 1 heterocycles. The summed E-state index contributed by atoms with van der Waals surface area (Å²) < 4.78 is 30.1. The van der Waals surface area contributed by atoms with E-state index in [0.717, 1.165) is 43.9 Å². The molecule has 0 radical (unpaired) electrons. The number of ether oxygens (including phenoxy) is 1. The van der Waals surface area contributed by atoms with E-state index in [9.17, 15) is 13.6 Å². The predicted octanol–water partition coefficient (Wildman–Crippen LogP) is 3.63. The van der Waals surface area contributed by atoms with E-state index < -0.39 is 17.2 Å². The lowest BCUT2D eigenvalue weighted by molar-refractivity contribution is 0.0600. The normalized spacial score (nSPS) is 15.1. The van der Waals surface area contributed by atoms with Gasteiger partial charge in [-0.1, -0.05) is 60.7 Å². The van der Waals surface area contributed by atoms with Gasteiger partial charge in [-0.15, -0.1) is 0 Å². The first-order valence-corrected chi connectivity index (χ1v) is 13.2. The summed E-state index contributed by atoms with van der Waals surface area (Å²) in [7, 11) is 1.33. The Morgan fingerprint density at radius 3 is 2.25 bits per heavy atom. The van der Waals surface area contributed by atoms with Crippen molar-refractivity contribution in [1.82, 2.24) is 9.21 Å². The fourth-order valence-electron chi connectivity index (χ4n) is 4.54. The minimum atomic E-state index is -2.36. The van der Waals surface area contributed by atoms with Gasteiger partial charge in [0.1, 0.15) is 0 Å². The van der Waals surface area contributed by atoms with Crippen LogP contribution in [0.5, 0.6) is 0 Å². The van der Waals surface area contributed by atoms with Gasteiger partial charge in [-0.25, -0.2) is 9.10 Å². The van der Waals surface area contributed by atoms with Gasteiger partial charge >= 0.3 is 5.97 Å². The summed E-state index contributed by atoms with van der Waals surface area (Å²) in [6, 6.07) is 25.6. The Morgan fingerprint density at radius 2 is 1.58 bits per heavy atom. The first kappa shape index (κ1) is 26.0. The zero-order valence-corrected chi connectivity index (χ0v) is 21.4. The number of esters is 1. The van der Waals surface area contributed by atoms with Crippen LogP contribution >= 0.6 is 0 Å². The zero-order chi connectivity index (χ0) is 25.3. The fraction of sp³-hybridized carbons (Fsp3) is 0.321. The van der Waals surface area contributed by atoms with Crippen molar-refractivity contribution in [3.05, 3.63) is 101 Å². The van der Waals surface area contributed by atoms with Crippen LogP contribution in [0.4, 0.5) is 5.69 Å². The summed E-state index contributed by atoms with van der Waals surface area (Å²) in [5.41, 5.74) is 4.90. The highest BCUT2D eigenvalue weighted by Gasteiger charge is 2.19. The molecule has 0 spiro atoms. The van der Waals surface area contributed by atoms with E-state index in [2.05, 4.69) is 46.2 Å². The summed E-state index contributed by atoms with van der Waals surface area (Å²) in [5.74, 6) is -0.414. The molecule has 1 fully saturated rings. The molecule has 1 aliphatic rings. The van der Waals surface area contributed by atoms with Crippen molar-refractivity contribution < 1.29 is 18.3 Å². The first-order valence-electron chi connectivity index (χ1n) is 12.1. The van der Waals surface area contributed by atoms with E-state index in [0.29, 0.717) is 18.5 Å². The number of carbonyl (C=O) groups excluding carboxylic acids is 1. The Labute approximate surface area is 215 Å². The summed E-state index contributed by atoms with van der Waals surface area (Å²) in [6.45, 7) is 5.43. The Bertz CT molecular complexity index is 1150. The predicted molar refractivity (Wildman–Crippen MR) is 141 cm³/mol. The molecule has 0 bridgehead atoms. The molecule has 0 aliphatic carbocycles. The second-order valence-electron chi connectivity index (χ2n) is 8.90. The summed E-state index contributed by atoms with van der Waals surface area (Å²) in [6.07, 6.45) is 0.620. The molecule has 0 aromatic heterocycles. The van der Waals surface area contributed by atoms with Crippen molar-refractivity contribution in [2.24, 2.45) is 0 Å². The molecule has 1 atom stereocenters. The number of anilines is 1. The van der Waals surface area contributed by atoms with Gasteiger partial charge < -0.3 is 14.2 Å². The third kappa shape index (κ3) is 7.01. The van der Waals surface area contributed by atoms with Crippen LogP contribution < -0.4 is 4.90 Å². The lowest BCUT2D eigenvalue weighted by Gasteiger charge is -2.37. The Morgan fingerprint density at radius 1 is 0.917 bits per heavy atom. The number of carbonyl (C=O) groups is 1. The van der Waals surface area contributed by atoms with Crippen molar-refractivity contribution >= 4 is 22.9 Å². The molecule has 0 amide bonds. The van der Waals surface area contributed by atoms with Crippen LogP contribution in [0.15, 0.2) is 78.9 Å². The lowest BCUT2D eigenvalue weighted by Crippen LogP contribution is -2.46. The van der Waals surface area contributed by atoms with Crippen molar-refractivity contribution in [1.29, 1.82) is 0 Å². The molecule has 3 aromatic rings. The summed E-state index contributed by atoms with van der Waals surface area (Å²) in [5, 5.41) is 0. The van der Waals surface area contributed by atoms with Gasteiger partial charge in [0, 0.05) is 62.8 Å². The van der Waals surface area contributed by atoms with E-state index in [1.807, 2.05) is 18.2 Å². The topological polar surface area (TPSA) is 76.2 Å². The van der Waals surface area contributed by atoms with Crippen molar-refractivity contribution in [2.45, 2.75) is 19.5 Å². The maximum atomic E-state index is 12.0. The van der Waals surface area contributed by atoms with E-state index in [1.54, 1.807) is 24.3 Å². The lowest BCUT2D eigenvalue weighted by atomic mass is 10.1. The highest BCUT2D eigenvalue weighted by Crippen LogP contribution is 2.23. The van der Waals surface area contributed by atoms with Gasteiger partial charge in [-0.05, 0) is 41.3 Å². The number of hydrogen-bond donors (Lipinski definition) is 0. The van der Waals surface area contributed by atoms with Crippen molar-refractivity contribution in [2.75, 3.05) is 44.7 Å². The first-order chi connectivity index (χ1) is 17.5. The number of para-hydroxylation sites is 1. The van der Waals surface area contributed by atoms with Gasteiger partial charge in [0.15, 0.2) is 0 Å². The summed E-state index contributed by atoms with van der Waals surface area (Å²) >= 11 is -2.36. The van der Waals surface area contributed by atoms with E-state index in [1.165, 1.54) is 22.7 Å². The molecule has 0 saturated carbocycles. The largest absolute Gasteiger partial charge is 0.760 e. The minimum Gasteiger partial charge on any atom is -0.760 e. The minimum absolute atomic E-state index is 0.248. The number of methoxy groups -OCH3 is 1.